The Morgan fingerprint density at radius 2 is 2.15 bits per heavy atom. The zero-order valence-electron chi connectivity index (χ0n) is 11.4. The van der Waals surface area contributed by atoms with Crippen LogP contribution in [0.5, 0.6) is 0 Å². The number of tetrazole rings is 1. The highest BCUT2D eigenvalue weighted by atomic mass is 32.2. The van der Waals surface area contributed by atoms with Gasteiger partial charge in [-0.1, -0.05) is 6.92 Å². The molecule has 2 aromatic rings. The zero-order chi connectivity index (χ0) is 13.8. The quantitative estimate of drug-likeness (QED) is 0.610. The van der Waals surface area contributed by atoms with E-state index >= 15 is 0 Å². The molecule has 1 aliphatic carbocycles. The molecule has 1 aliphatic rings. The summed E-state index contributed by atoms with van der Waals surface area (Å²) < 4.78 is 1.87. The maximum Gasteiger partial charge on any atom is 0.217 e. The van der Waals surface area contributed by atoms with Gasteiger partial charge in [0.05, 0.1) is 6.04 Å². The summed E-state index contributed by atoms with van der Waals surface area (Å²) in [5.41, 5.74) is 1.09. The third kappa shape index (κ3) is 3.31. The molecule has 1 N–H and O–H groups in total. The first-order valence-corrected chi connectivity index (χ1v) is 7.66. The molecule has 1 fully saturated rings. The van der Waals surface area contributed by atoms with Crippen molar-refractivity contribution in [1.29, 1.82) is 0 Å². The lowest BCUT2D eigenvalue weighted by Crippen LogP contribution is -2.14. The Morgan fingerprint density at radius 1 is 1.35 bits per heavy atom. The fourth-order valence-corrected chi connectivity index (χ4v) is 2.51. The van der Waals surface area contributed by atoms with Crippen LogP contribution in [-0.2, 0) is 6.54 Å². The van der Waals surface area contributed by atoms with Crippen LogP contribution in [0.3, 0.4) is 0 Å². The molecule has 8 heteroatoms. The van der Waals surface area contributed by atoms with E-state index in [1.807, 2.05) is 17.1 Å². The van der Waals surface area contributed by atoms with Gasteiger partial charge in [0.25, 0.3) is 0 Å². The smallest absolute Gasteiger partial charge is 0.217 e. The van der Waals surface area contributed by atoms with Crippen LogP contribution in [0.15, 0.2) is 22.7 Å². The van der Waals surface area contributed by atoms with Crippen LogP contribution >= 0.6 is 11.8 Å². The Kier molecular flexibility index (Phi) is 4.22. The summed E-state index contributed by atoms with van der Waals surface area (Å²) in [6.07, 6.45) is 7.13. The van der Waals surface area contributed by atoms with E-state index in [-0.39, 0.29) is 0 Å². The van der Waals surface area contributed by atoms with Gasteiger partial charge in [-0.25, -0.2) is 14.6 Å². The second kappa shape index (κ2) is 6.27. The Morgan fingerprint density at radius 3 is 2.85 bits per heavy atom. The van der Waals surface area contributed by atoms with Crippen LogP contribution in [-0.4, -0.2) is 36.7 Å². The molecular formula is C12H17N7S. The topological polar surface area (TPSA) is 81.4 Å². The minimum absolute atomic E-state index is 0.463. The summed E-state index contributed by atoms with van der Waals surface area (Å²) in [7, 11) is 0. The van der Waals surface area contributed by atoms with Crippen molar-refractivity contribution in [2.24, 2.45) is 0 Å². The van der Waals surface area contributed by atoms with Gasteiger partial charge >= 0.3 is 0 Å². The van der Waals surface area contributed by atoms with Gasteiger partial charge in [-0.2, -0.15) is 0 Å². The summed E-state index contributed by atoms with van der Waals surface area (Å²) in [6, 6.07) is 0.463. The molecule has 7 nitrogen and oxygen atoms in total. The van der Waals surface area contributed by atoms with Gasteiger partial charge in [0.2, 0.25) is 5.16 Å². The first-order chi connectivity index (χ1) is 9.86. The molecule has 0 bridgehead atoms. The zero-order valence-corrected chi connectivity index (χ0v) is 12.2. The Hall–Kier alpha value is -1.54. The van der Waals surface area contributed by atoms with Gasteiger partial charge < -0.3 is 5.32 Å². The molecule has 106 valence electrons. The summed E-state index contributed by atoms with van der Waals surface area (Å²) in [6.45, 7) is 3.96. The Bertz CT molecular complexity index is 549. The molecule has 1 saturated carbocycles. The van der Waals surface area contributed by atoms with Crippen molar-refractivity contribution < 1.29 is 0 Å². The average molecular weight is 291 g/mol. The third-order valence-electron chi connectivity index (χ3n) is 2.98. The first-order valence-electron chi connectivity index (χ1n) is 6.84. The van der Waals surface area contributed by atoms with Crippen LogP contribution in [0.4, 0.5) is 0 Å². The highest BCUT2D eigenvalue weighted by Crippen LogP contribution is 2.37. The average Bonchev–Trinajstić information content (AvgIpc) is 3.21. The van der Waals surface area contributed by atoms with Gasteiger partial charge in [0, 0.05) is 24.5 Å². The number of hydrogen-bond acceptors (Lipinski definition) is 7. The number of hydrogen-bond donors (Lipinski definition) is 1. The molecular weight excluding hydrogens is 274 g/mol. The van der Waals surface area contributed by atoms with Gasteiger partial charge in [-0.3, -0.25) is 0 Å². The van der Waals surface area contributed by atoms with Crippen LogP contribution in [0.1, 0.15) is 37.8 Å². The van der Waals surface area contributed by atoms with E-state index in [0.717, 1.165) is 43.1 Å². The molecule has 0 atom stereocenters. The van der Waals surface area contributed by atoms with Gasteiger partial charge in [-0.15, -0.1) is 5.10 Å². The largest absolute Gasteiger partial charge is 0.313 e. The Balaban J connectivity index is 1.61. The van der Waals surface area contributed by atoms with Crippen molar-refractivity contribution in [3.8, 4) is 0 Å². The first kappa shape index (κ1) is 13.4. The van der Waals surface area contributed by atoms with Crippen LogP contribution in [0.25, 0.3) is 0 Å². The summed E-state index contributed by atoms with van der Waals surface area (Å²) >= 11 is 1.41. The van der Waals surface area contributed by atoms with Gasteiger partial charge in [0.1, 0.15) is 0 Å². The SMILES string of the molecule is CCCNCc1cnc(Sc2nnnn2C2CC2)nc1. The van der Waals surface area contributed by atoms with Crippen molar-refractivity contribution in [1.82, 2.24) is 35.5 Å². The van der Waals surface area contributed by atoms with Crippen LogP contribution in [0, 0.1) is 0 Å². The molecule has 0 unspecified atom stereocenters. The van der Waals surface area contributed by atoms with E-state index < -0.39 is 0 Å². The Labute approximate surface area is 121 Å². The standard InChI is InChI=1S/C12H17N7S/c1-2-5-13-6-9-7-14-11(15-8-9)20-12-16-17-18-19(12)10-3-4-10/h7-8,10,13H,2-6H2,1H3. The van der Waals surface area contributed by atoms with Gasteiger partial charge in [0.15, 0.2) is 5.16 Å². The van der Waals surface area contributed by atoms with Crippen molar-refractivity contribution in [3.63, 3.8) is 0 Å². The van der Waals surface area contributed by atoms with Crippen LogP contribution in [0.2, 0.25) is 0 Å². The molecule has 2 heterocycles. The molecule has 0 amide bonds. The number of nitrogens with one attached hydrogen (secondary N) is 1. The lowest BCUT2D eigenvalue weighted by molar-refractivity contribution is 0.565. The number of rotatable bonds is 7. The maximum absolute atomic E-state index is 4.36. The van der Waals surface area contributed by atoms with Crippen molar-refractivity contribution in [2.45, 2.75) is 49.1 Å². The summed E-state index contributed by atoms with van der Waals surface area (Å²) in [5.74, 6) is 0. The van der Waals surface area contributed by atoms with Crippen LogP contribution < -0.4 is 5.32 Å². The number of nitrogens with zero attached hydrogens (tertiary/aromatic N) is 6. The van der Waals surface area contributed by atoms with E-state index in [4.69, 9.17) is 0 Å². The third-order valence-corrected chi connectivity index (χ3v) is 3.82. The van der Waals surface area contributed by atoms with E-state index in [2.05, 4.69) is 37.7 Å². The molecule has 0 aromatic carbocycles. The lowest BCUT2D eigenvalue weighted by atomic mass is 10.3. The van der Waals surface area contributed by atoms with Crippen molar-refractivity contribution >= 4 is 11.8 Å². The molecule has 0 spiro atoms. The van der Waals surface area contributed by atoms with Crippen molar-refractivity contribution in [3.05, 3.63) is 18.0 Å². The predicted molar refractivity (Wildman–Crippen MR) is 74.2 cm³/mol. The minimum atomic E-state index is 0.463. The summed E-state index contributed by atoms with van der Waals surface area (Å²) in [5, 5.41) is 16.5. The minimum Gasteiger partial charge on any atom is -0.313 e. The van der Waals surface area contributed by atoms with Gasteiger partial charge in [-0.05, 0) is 48.0 Å². The monoisotopic (exact) mass is 291 g/mol. The molecule has 0 radical (unpaired) electrons. The highest BCUT2D eigenvalue weighted by molar-refractivity contribution is 7.99. The fourth-order valence-electron chi connectivity index (χ4n) is 1.78. The second-order valence-electron chi connectivity index (χ2n) is 4.79. The molecule has 2 aromatic heterocycles. The lowest BCUT2D eigenvalue weighted by Gasteiger charge is -2.04. The molecule has 3 rings (SSSR count). The fraction of sp³-hybridized carbons (Fsp3) is 0.583. The predicted octanol–water partition coefficient (Wildman–Crippen LogP) is 1.45. The normalized spacial score (nSPS) is 14.7. The van der Waals surface area contributed by atoms with E-state index in [9.17, 15) is 0 Å². The molecule has 0 saturated heterocycles. The van der Waals surface area contributed by atoms with Crippen molar-refractivity contribution in [2.75, 3.05) is 6.54 Å². The van der Waals surface area contributed by atoms with E-state index in [0.29, 0.717) is 11.2 Å². The highest BCUT2D eigenvalue weighted by Gasteiger charge is 2.28. The number of aromatic nitrogens is 6. The summed E-state index contributed by atoms with van der Waals surface area (Å²) in [4.78, 5) is 8.71. The second-order valence-corrected chi connectivity index (χ2v) is 5.72. The van der Waals surface area contributed by atoms with E-state index in [1.165, 1.54) is 11.8 Å². The molecule has 0 aliphatic heterocycles. The van der Waals surface area contributed by atoms with E-state index in [1.54, 1.807) is 0 Å². The maximum atomic E-state index is 4.36. The molecule has 20 heavy (non-hydrogen) atoms.